The van der Waals surface area contributed by atoms with Crippen molar-refractivity contribution >= 4 is 17.1 Å². The Kier molecular flexibility index (Phi) is 2.59. The molecule has 0 saturated carbocycles. The smallest absolute Gasteiger partial charge is 0.292 e. The minimum atomic E-state index is -0.419. The molecule has 16 heavy (non-hydrogen) atoms. The van der Waals surface area contributed by atoms with E-state index in [4.69, 9.17) is 4.42 Å². The molecule has 5 nitrogen and oxygen atoms in total. The lowest BCUT2D eigenvalue weighted by atomic mass is 10.2. The van der Waals surface area contributed by atoms with Gasteiger partial charge in [-0.1, -0.05) is 12.1 Å². The largest absolute Gasteiger partial charge is 0.467 e. The van der Waals surface area contributed by atoms with E-state index < -0.39 is 4.92 Å². The summed E-state index contributed by atoms with van der Waals surface area (Å²) >= 11 is 0. The maximum atomic E-state index is 10.8. The number of rotatable bonds is 3. The maximum Gasteiger partial charge on any atom is 0.292 e. The molecule has 0 atom stereocenters. The summed E-state index contributed by atoms with van der Waals surface area (Å²) in [5.74, 6) is 0.693. The van der Waals surface area contributed by atoms with Gasteiger partial charge in [0.05, 0.1) is 16.9 Å². The Morgan fingerprint density at radius 2 is 2.00 bits per heavy atom. The van der Waals surface area contributed by atoms with E-state index in [1.165, 1.54) is 12.3 Å². The Morgan fingerprint density at radius 1 is 1.25 bits per heavy atom. The van der Waals surface area contributed by atoms with Crippen LogP contribution in [0.5, 0.6) is 0 Å². The first-order valence-electron chi connectivity index (χ1n) is 4.73. The van der Waals surface area contributed by atoms with E-state index in [1.54, 1.807) is 31.2 Å². The third-order valence-electron chi connectivity index (χ3n) is 2.23. The van der Waals surface area contributed by atoms with Crippen molar-refractivity contribution in [3.05, 3.63) is 52.5 Å². The van der Waals surface area contributed by atoms with Crippen molar-refractivity contribution in [2.24, 2.45) is 0 Å². The molecule has 1 aromatic carbocycles. The van der Waals surface area contributed by atoms with Crippen molar-refractivity contribution < 1.29 is 9.34 Å². The molecule has 0 fully saturated rings. The number of nitro benzene ring substituents is 1. The highest BCUT2D eigenvalue weighted by atomic mass is 16.6. The standard InChI is InChI=1S/C11H10N2O3/c1-8-9(6-7-16-8)12-10-4-2-3-5-11(10)13(14)15/h2-7,12H,1H3. The fourth-order valence-electron chi connectivity index (χ4n) is 1.40. The zero-order valence-corrected chi connectivity index (χ0v) is 8.64. The van der Waals surface area contributed by atoms with Gasteiger partial charge in [-0.05, 0) is 13.0 Å². The van der Waals surface area contributed by atoms with Gasteiger partial charge in [-0.3, -0.25) is 10.1 Å². The predicted octanol–water partition coefficient (Wildman–Crippen LogP) is 3.24. The van der Waals surface area contributed by atoms with Crippen molar-refractivity contribution in [3.8, 4) is 0 Å². The van der Waals surface area contributed by atoms with Gasteiger partial charge in [-0.25, -0.2) is 0 Å². The molecule has 82 valence electrons. The average molecular weight is 218 g/mol. The summed E-state index contributed by atoms with van der Waals surface area (Å²) in [5.41, 5.74) is 1.23. The number of nitrogens with one attached hydrogen (secondary N) is 1. The van der Waals surface area contributed by atoms with Gasteiger partial charge in [-0.15, -0.1) is 0 Å². The molecule has 0 saturated heterocycles. The number of furan rings is 1. The van der Waals surface area contributed by atoms with Gasteiger partial charge in [-0.2, -0.15) is 0 Å². The number of para-hydroxylation sites is 2. The van der Waals surface area contributed by atoms with E-state index in [0.29, 0.717) is 11.4 Å². The molecular formula is C11H10N2O3. The molecule has 2 rings (SSSR count). The van der Waals surface area contributed by atoms with Gasteiger partial charge in [0.15, 0.2) is 0 Å². The topological polar surface area (TPSA) is 68.3 Å². The predicted molar refractivity (Wildman–Crippen MR) is 59.8 cm³/mol. The second-order valence-corrected chi connectivity index (χ2v) is 3.29. The van der Waals surface area contributed by atoms with E-state index in [0.717, 1.165) is 5.69 Å². The minimum Gasteiger partial charge on any atom is -0.467 e. The van der Waals surface area contributed by atoms with Crippen LogP contribution in [0.2, 0.25) is 0 Å². The summed E-state index contributed by atoms with van der Waals surface area (Å²) in [6, 6.07) is 8.21. The molecule has 0 aliphatic rings. The monoisotopic (exact) mass is 218 g/mol. The number of nitro groups is 1. The van der Waals surface area contributed by atoms with E-state index in [-0.39, 0.29) is 5.69 Å². The lowest BCUT2D eigenvalue weighted by Gasteiger charge is -2.04. The molecule has 0 radical (unpaired) electrons. The summed E-state index contributed by atoms with van der Waals surface area (Å²) in [5, 5.41) is 13.7. The molecule has 1 N–H and O–H groups in total. The van der Waals surface area contributed by atoms with E-state index in [9.17, 15) is 10.1 Å². The third kappa shape index (κ3) is 1.88. The number of hydrogen-bond acceptors (Lipinski definition) is 4. The van der Waals surface area contributed by atoms with Crippen LogP contribution in [0.3, 0.4) is 0 Å². The summed E-state index contributed by atoms with van der Waals surface area (Å²) in [4.78, 5) is 10.4. The van der Waals surface area contributed by atoms with Crippen LogP contribution in [0, 0.1) is 17.0 Å². The SMILES string of the molecule is Cc1occc1Nc1ccccc1[N+](=O)[O-]. The number of hydrogen-bond donors (Lipinski definition) is 1. The van der Waals surface area contributed by atoms with Crippen LogP contribution in [0.25, 0.3) is 0 Å². The van der Waals surface area contributed by atoms with Gasteiger partial charge >= 0.3 is 0 Å². The van der Waals surface area contributed by atoms with Crippen LogP contribution in [-0.4, -0.2) is 4.92 Å². The first kappa shape index (κ1) is 10.2. The Hall–Kier alpha value is -2.30. The third-order valence-corrected chi connectivity index (χ3v) is 2.23. The number of benzene rings is 1. The number of nitrogens with zero attached hydrogens (tertiary/aromatic N) is 1. The highest BCUT2D eigenvalue weighted by Gasteiger charge is 2.13. The van der Waals surface area contributed by atoms with Crippen LogP contribution in [0.4, 0.5) is 17.1 Å². The summed E-state index contributed by atoms with van der Waals surface area (Å²) in [6.45, 7) is 1.79. The van der Waals surface area contributed by atoms with Gasteiger partial charge in [0.1, 0.15) is 11.4 Å². The zero-order chi connectivity index (χ0) is 11.5. The van der Waals surface area contributed by atoms with Crippen LogP contribution in [0.15, 0.2) is 41.0 Å². The van der Waals surface area contributed by atoms with Crippen LogP contribution < -0.4 is 5.32 Å². The average Bonchev–Trinajstić information content (AvgIpc) is 2.65. The molecule has 1 aromatic heterocycles. The van der Waals surface area contributed by atoms with Gasteiger partial charge in [0.25, 0.3) is 5.69 Å². The molecular weight excluding hydrogens is 208 g/mol. The fraction of sp³-hybridized carbons (Fsp3) is 0.0909. The number of anilines is 2. The van der Waals surface area contributed by atoms with Gasteiger partial charge < -0.3 is 9.73 Å². The Labute approximate surface area is 91.9 Å². The lowest BCUT2D eigenvalue weighted by molar-refractivity contribution is -0.383. The first-order valence-corrected chi connectivity index (χ1v) is 4.73. The lowest BCUT2D eigenvalue weighted by Crippen LogP contribution is -1.96. The Morgan fingerprint density at radius 3 is 2.62 bits per heavy atom. The number of aryl methyl sites for hydroxylation is 1. The van der Waals surface area contributed by atoms with Crippen molar-refractivity contribution in [2.45, 2.75) is 6.92 Å². The molecule has 0 aliphatic carbocycles. The van der Waals surface area contributed by atoms with Crippen molar-refractivity contribution in [1.29, 1.82) is 0 Å². The van der Waals surface area contributed by atoms with Crippen LogP contribution >= 0.6 is 0 Å². The molecule has 0 unspecified atom stereocenters. The molecule has 1 heterocycles. The van der Waals surface area contributed by atoms with Crippen molar-refractivity contribution in [2.75, 3.05) is 5.32 Å². The quantitative estimate of drug-likeness (QED) is 0.634. The Bertz CT molecular complexity index is 519. The molecule has 0 amide bonds. The minimum absolute atomic E-state index is 0.0445. The summed E-state index contributed by atoms with van der Waals surface area (Å²) < 4.78 is 5.10. The van der Waals surface area contributed by atoms with E-state index in [2.05, 4.69) is 5.32 Å². The second-order valence-electron chi connectivity index (χ2n) is 3.29. The molecule has 0 aliphatic heterocycles. The fourth-order valence-corrected chi connectivity index (χ4v) is 1.40. The highest BCUT2D eigenvalue weighted by molar-refractivity contribution is 5.69. The van der Waals surface area contributed by atoms with E-state index in [1.807, 2.05) is 0 Å². The summed E-state index contributed by atoms with van der Waals surface area (Å²) in [6.07, 6.45) is 1.53. The van der Waals surface area contributed by atoms with Gasteiger partial charge in [0, 0.05) is 12.1 Å². The second kappa shape index (κ2) is 4.06. The Balaban J connectivity index is 2.35. The highest BCUT2D eigenvalue weighted by Crippen LogP contribution is 2.28. The van der Waals surface area contributed by atoms with Crippen LogP contribution in [-0.2, 0) is 0 Å². The molecule has 2 aromatic rings. The van der Waals surface area contributed by atoms with Crippen molar-refractivity contribution in [1.82, 2.24) is 0 Å². The van der Waals surface area contributed by atoms with E-state index >= 15 is 0 Å². The molecule has 0 bridgehead atoms. The molecule has 0 spiro atoms. The normalized spacial score (nSPS) is 10.1. The van der Waals surface area contributed by atoms with Crippen molar-refractivity contribution in [3.63, 3.8) is 0 Å². The van der Waals surface area contributed by atoms with Crippen LogP contribution in [0.1, 0.15) is 5.76 Å². The zero-order valence-electron chi connectivity index (χ0n) is 8.64. The first-order chi connectivity index (χ1) is 7.68. The van der Waals surface area contributed by atoms with Gasteiger partial charge in [0.2, 0.25) is 0 Å². The maximum absolute atomic E-state index is 10.8. The molecule has 5 heteroatoms. The summed E-state index contributed by atoms with van der Waals surface area (Å²) in [7, 11) is 0.